The van der Waals surface area contributed by atoms with Crippen LogP contribution in [0.25, 0.3) is 10.8 Å². The van der Waals surface area contributed by atoms with Gasteiger partial charge in [0.15, 0.2) is 6.29 Å². The molecule has 3 rings (SSSR count). The summed E-state index contributed by atoms with van der Waals surface area (Å²) in [6.07, 6.45) is -0.195. The third-order valence-corrected chi connectivity index (χ3v) is 3.94. The van der Waals surface area contributed by atoms with Crippen molar-refractivity contribution in [3.8, 4) is 5.75 Å². The Hall–Kier alpha value is -2.65. The molecule has 0 bridgehead atoms. The molecule has 24 heavy (non-hydrogen) atoms. The van der Waals surface area contributed by atoms with E-state index in [0.29, 0.717) is 6.61 Å². The van der Waals surface area contributed by atoms with E-state index in [2.05, 4.69) is 0 Å². The van der Waals surface area contributed by atoms with E-state index < -0.39 is 6.10 Å². The van der Waals surface area contributed by atoms with Crippen molar-refractivity contribution in [1.29, 1.82) is 0 Å². The molecule has 0 fully saturated rings. The maximum absolute atomic E-state index is 11.4. The van der Waals surface area contributed by atoms with Crippen LogP contribution >= 0.6 is 0 Å². The minimum Gasteiger partial charge on any atom is -0.487 e. The summed E-state index contributed by atoms with van der Waals surface area (Å²) in [7, 11) is 0. The molecular weight excluding hydrogens is 300 g/mol. The zero-order chi connectivity index (χ0) is 16.8. The van der Waals surface area contributed by atoms with Crippen LogP contribution < -0.4 is 4.74 Å². The van der Waals surface area contributed by atoms with Crippen LogP contribution in [0, 0.1) is 0 Å². The minimum absolute atomic E-state index is 0.378. The monoisotopic (exact) mass is 320 g/mol. The molecule has 122 valence electrons. The summed E-state index contributed by atoms with van der Waals surface area (Å²) in [5, 5.41) is 2.13. The van der Waals surface area contributed by atoms with Gasteiger partial charge in [0.2, 0.25) is 0 Å². The maximum atomic E-state index is 11.4. The van der Waals surface area contributed by atoms with Crippen LogP contribution in [-0.2, 0) is 16.1 Å². The van der Waals surface area contributed by atoms with Gasteiger partial charge in [-0.15, -0.1) is 0 Å². The van der Waals surface area contributed by atoms with Gasteiger partial charge in [0, 0.05) is 5.39 Å². The summed E-state index contributed by atoms with van der Waals surface area (Å²) in [5.74, 6) is 0.760. The average Bonchev–Trinajstić information content (AvgIpc) is 2.63. The number of carbonyl (C=O) groups excluding carboxylic acids is 1. The van der Waals surface area contributed by atoms with Crippen molar-refractivity contribution in [3.05, 3.63) is 78.4 Å². The molecule has 0 aliphatic rings. The minimum atomic E-state index is -0.621. The lowest BCUT2D eigenvalue weighted by Gasteiger charge is -2.22. The number of rotatable bonds is 7. The number of ether oxygens (including phenoxy) is 2. The molecule has 2 atom stereocenters. The number of fused-ring (bicyclic) bond motifs is 1. The van der Waals surface area contributed by atoms with Crippen LogP contribution in [0.3, 0.4) is 0 Å². The topological polar surface area (TPSA) is 35.5 Å². The van der Waals surface area contributed by atoms with E-state index >= 15 is 0 Å². The molecule has 0 aliphatic carbocycles. The van der Waals surface area contributed by atoms with Crippen LogP contribution in [0.4, 0.5) is 0 Å². The highest BCUT2D eigenvalue weighted by Gasteiger charge is 2.20. The van der Waals surface area contributed by atoms with Crippen molar-refractivity contribution in [2.24, 2.45) is 0 Å². The first-order valence-corrected chi connectivity index (χ1v) is 8.03. The van der Waals surface area contributed by atoms with Crippen LogP contribution in [0.15, 0.2) is 72.8 Å². The van der Waals surface area contributed by atoms with Gasteiger partial charge in [-0.25, -0.2) is 0 Å². The first kappa shape index (κ1) is 16.2. The van der Waals surface area contributed by atoms with Gasteiger partial charge in [-0.3, -0.25) is 0 Å². The Bertz CT molecular complexity index is 793. The molecule has 0 amide bonds. The van der Waals surface area contributed by atoms with Gasteiger partial charge in [0.1, 0.15) is 18.0 Å². The van der Waals surface area contributed by atoms with E-state index in [1.807, 2.05) is 79.7 Å². The highest BCUT2D eigenvalue weighted by atomic mass is 16.5. The van der Waals surface area contributed by atoms with E-state index in [-0.39, 0.29) is 6.10 Å². The Morgan fingerprint density at radius 1 is 0.917 bits per heavy atom. The largest absolute Gasteiger partial charge is 0.487 e. The number of hydrogen-bond acceptors (Lipinski definition) is 3. The highest BCUT2D eigenvalue weighted by molar-refractivity contribution is 5.88. The number of benzene rings is 3. The van der Waals surface area contributed by atoms with Gasteiger partial charge in [-0.2, -0.15) is 0 Å². The van der Waals surface area contributed by atoms with Crippen LogP contribution in [-0.4, -0.2) is 18.5 Å². The molecule has 0 aromatic heterocycles. The first-order chi connectivity index (χ1) is 11.8. The second kappa shape index (κ2) is 7.75. The summed E-state index contributed by atoms with van der Waals surface area (Å²) < 4.78 is 11.7. The Kier molecular flexibility index (Phi) is 5.24. The second-order valence-corrected chi connectivity index (χ2v) is 5.70. The SMILES string of the molecule is CC(Oc1cccc2ccccc12)C(C=O)OCc1ccccc1. The Morgan fingerprint density at radius 2 is 1.62 bits per heavy atom. The van der Waals surface area contributed by atoms with Gasteiger partial charge in [0.25, 0.3) is 0 Å². The second-order valence-electron chi connectivity index (χ2n) is 5.70. The lowest BCUT2D eigenvalue weighted by atomic mass is 10.1. The molecule has 0 aliphatic heterocycles. The molecule has 3 nitrogen and oxygen atoms in total. The van der Waals surface area contributed by atoms with E-state index in [9.17, 15) is 4.79 Å². The molecule has 0 N–H and O–H groups in total. The number of carbonyl (C=O) groups is 1. The lowest BCUT2D eigenvalue weighted by Crippen LogP contribution is -2.32. The van der Waals surface area contributed by atoms with Gasteiger partial charge >= 0.3 is 0 Å². The molecule has 0 saturated carbocycles. The molecule has 0 heterocycles. The highest BCUT2D eigenvalue weighted by Crippen LogP contribution is 2.26. The molecule has 3 aromatic carbocycles. The Balaban J connectivity index is 1.69. The zero-order valence-electron chi connectivity index (χ0n) is 13.6. The van der Waals surface area contributed by atoms with Gasteiger partial charge in [0.05, 0.1) is 6.61 Å². The smallest absolute Gasteiger partial charge is 0.152 e. The fourth-order valence-electron chi connectivity index (χ4n) is 2.62. The van der Waals surface area contributed by atoms with Crippen molar-refractivity contribution >= 4 is 17.1 Å². The third kappa shape index (κ3) is 3.81. The maximum Gasteiger partial charge on any atom is 0.152 e. The predicted octanol–water partition coefficient (Wildman–Crippen LogP) is 4.39. The molecule has 0 spiro atoms. The van der Waals surface area contributed by atoms with E-state index in [0.717, 1.165) is 28.4 Å². The molecule has 0 radical (unpaired) electrons. The van der Waals surface area contributed by atoms with Crippen molar-refractivity contribution in [2.75, 3.05) is 0 Å². The van der Waals surface area contributed by atoms with Crippen LogP contribution in [0.5, 0.6) is 5.75 Å². The van der Waals surface area contributed by atoms with E-state index in [4.69, 9.17) is 9.47 Å². The zero-order valence-corrected chi connectivity index (χ0v) is 13.6. The van der Waals surface area contributed by atoms with Gasteiger partial charge in [-0.05, 0) is 23.9 Å². The van der Waals surface area contributed by atoms with Gasteiger partial charge in [-0.1, -0.05) is 66.7 Å². The third-order valence-electron chi connectivity index (χ3n) is 3.94. The molecular formula is C21H20O3. The summed E-state index contributed by atoms with van der Waals surface area (Å²) in [6, 6.07) is 23.7. The Morgan fingerprint density at radius 3 is 2.42 bits per heavy atom. The average molecular weight is 320 g/mol. The predicted molar refractivity (Wildman–Crippen MR) is 95.1 cm³/mol. The molecule has 0 saturated heterocycles. The van der Waals surface area contributed by atoms with Crippen molar-refractivity contribution < 1.29 is 14.3 Å². The first-order valence-electron chi connectivity index (χ1n) is 8.03. The summed E-state index contributed by atoms with van der Waals surface area (Å²) in [5.41, 5.74) is 1.03. The molecule has 2 unspecified atom stereocenters. The summed E-state index contributed by atoms with van der Waals surface area (Å²) in [4.78, 5) is 11.4. The quantitative estimate of drug-likeness (QED) is 0.606. The number of hydrogen-bond donors (Lipinski definition) is 0. The summed E-state index contributed by atoms with van der Waals surface area (Å²) >= 11 is 0. The standard InChI is InChI=1S/C21H20O3/c1-16(21(14-22)23-15-17-8-3-2-4-9-17)24-20-13-7-11-18-10-5-6-12-19(18)20/h2-14,16,21H,15H2,1H3. The fraction of sp³-hybridized carbons (Fsp3) is 0.190. The Labute approximate surface area is 141 Å². The summed E-state index contributed by atoms with van der Waals surface area (Å²) in [6.45, 7) is 2.24. The number of aldehydes is 1. The van der Waals surface area contributed by atoms with E-state index in [1.165, 1.54) is 0 Å². The van der Waals surface area contributed by atoms with Crippen molar-refractivity contribution in [3.63, 3.8) is 0 Å². The van der Waals surface area contributed by atoms with Crippen molar-refractivity contribution in [1.82, 2.24) is 0 Å². The molecule has 3 aromatic rings. The van der Waals surface area contributed by atoms with Crippen LogP contribution in [0.1, 0.15) is 12.5 Å². The fourth-order valence-corrected chi connectivity index (χ4v) is 2.62. The normalized spacial score (nSPS) is 13.4. The van der Waals surface area contributed by atoms with Crippen LogP contribution in [0.2, 0.25) is 0 Å². The van der Waals surface area contributed by atoms with Crippen molar-refractivity contribution in [2.45, 2.75) is 25.7 Å². The molecule has 3 heteroatoms. The lowest BCUT2D eigenvalue weighted by molar-refractivity contribution is -0.124. The van der Waals surface area contributed by atoms with E-state index in [1.54, 1.807) is 0 Å². The van der Waals surface area contributed by atoms with Gasteiger partial charge < -0.3 is 14.3 Å².